The Labute approximate surface area is 135 Å². The molecule has 4 heteroatoms. The van der Waals surface area contributed by atoms with Crippen molar-refractivity contribution in [1.82, 2.24) is 4.98 Å². The Bertz CT molecular complexity index is 818. The van der Waals surface area contributed by atoms with E-state index in [-0.39, 0.29) is 11.6 Å². The first kappa shape index (κ1) is 14.9. The van der Waals surface area contributed by atoms with Crippen molar-refractivity contribution in [3.05, 3.63) is 77.9 Å². The Morgan fingerprint density at radius 2 is 1.45 bits per heavy atom. The summed E-state index contributed by atoms with van der Waals surface area (Å²) in [5, 5.41) is 0.606. The van der Waals surface area contributed by atoms with Crippen molar-refractivity contribution in [1.29, 1.82) is 0 Å². The molecule has 1 aromatic heterocycles. The molecule has 0 bridgehead atoms. The van der Waals surface area contributed by atoms with Crippen LogP contribution in [0.5, 0.6) is 0 Å². The number of hydrogen-bond acceptors (Lipinski definition) is 1. The van der Waals surface area contributed by atoms with E-state index >= 15 is 0 Å². The van der Waals surface area contributed by atoms with E-state index in [1.807, 2.05) is 18.2 Å². The first-order chi connectivity index (χ1) is 10.7. The molecule has 0 amide bonds. The first-order valence-corrected chi connectivity index (χ1v) is 7.87. The number of nitrogens with zero attached hydrogens (tertiary/aromatic N) is 1. The van der Waals surface area contributed by atoms with Gasteiger partial charge in [-0.15, -0.1) is 0 Å². The van der Waals surface area contributed by atoms with Crippen LogP contribution in [0, 0.1) is 11.6 Å². The zero-order valence-corrected chi connectivity index (χ0v) is 13.1. The van der Waals surface area contributed by atoms with Gasteiger partial charge in [-0.2, -0.15) is 0 Å². The number of aromatic nitrogens is 1. The van der Waals surface area contributed by atoms with Crippen LogP contribution in [-0.4, -0.2) is 4.98 Å². The summed E-state index contributed by atoms with van der Waals surface area (Å²) in [7, 11) is 0. The zero-order valence-electron chi connectivity index (χ0n) is 11.6. The van der Waals surface area contributed by atoms with Crippen molar-refractivity contribution in [3.8, 4) is 22.5 Å². The van der Waals surface area contributed by atoms with Gasteiger partial charge in [-0.3, -0.25) is 0 Å². The number of pyridine rings is 1. The molecule has 0 fully saturated rings. The molecule has 3 rings (SSSR count). The van der Waals surface area contributed by atoms with Crippen molar-refractivity contribution in [3.63, 3.8) is 0 Å². The number of hydrogen-bond donors (Lipinski definition) is 0. The Balaban J connectivity index is 2.14. The summed E-state index contributed by atoms with van der Waals surface area (Å²) in [6.07, 6.45) is 0. The summed E-state index contributed by atoms with van der Waals surface area (Å²) in [6.45, 7) is 0. The molecule has 1 nitrogen and oxygen atoms in total. The lowest BCUT2D eigenvalue weighted by Crippen LogP contribution is -1.94. The van der Waals surface area contributed by atoms with E-state index in [0.717, 1.165) is 5.56 Å². The molecule has 0 saturated heterocycles. The lowest BCUT2D eigenvalue weighted by Gasteiger charge is -2.10. The van der Waals surface area contributed by atoms with Crippen molar-refractivity contribution in [2.75, 3.05) is 0 Å². The molecular weight excluding hydrogens is 348 g/mol. The summed E-state index contributed by atoms with van der Waals surface area (Å²) in [4.78, 5) is 4.60. The second-order valence-corrected chi connectivity index (χ2v) is 5.42. The second kappa shape index (κ2) is 6.36. The van der Waals surface area contributed by atoms with Crippen LogP contribution in [0.15, 0.2) is 60.7 Å². The lowest BCUT2D eigenvalue weighted by atomic mass is 10.0. The highest BCUT2D eigenvalue weighted by molar-refractivity contribution is 9.08. The highest BCUT2D eigenvalue weighted by atomic mass is 79.9. The maximum absolute atomic E-state index is 13.5. The standard InChI is InChI=1S/C18H12BrF2N/c19-11-14-7-8-17(12-3-1-5-15(20)9-12)22-18(14)13-4-2-6-16(21)10-13/h1-10H,11H2. The van der Waals surface area contributed by atoms with Gasteiger partial charge in [0.15, 0.2) is 0 Å². The van der Waals surface area contributed by atoms with Crippen molar-refractivity contribution in [2.45, 2.75) is 5.33 Å². The molecule has 22 heavy (non-hydrogen) atoms. The summed E-state index contributed by atoms with van der Waals surface area (Å²) in [6, 6.07) is 16.3. The highest BCUT2D eigenvalue weighted by Gasteiger charge is 2.10. The predicted molar refractivity (Wildman–Crippen MR) is 87.7 cm³/mol. The molecule has 110 valence electrons. The topological polar surface area (TPSA) is 12.9 Å². The first-order valence-electron chi connectivity index (χ1n) is 6.75. The van der Waals surface area contributed by atoms with Crippen LogP contribution < -0.4 is 0 Å². The van der Waals surface area contributed by atoms with Gasteiger partial charge in [-0.25, -0.2) is 13.8 Å². The van der Waals surface area contributed by atoms with E-state index in [2.05, 4.69) is 20.9 Å². The Kier molecular flexibility index (Phi) is 4.29. The van der Waals surface area contributed by atoms with Gasteiger partial charge in [0, 0.05) is 16.5 Å². The van der Waals surface area contributed by atoms with Gasteiger partial charge in [0.2, 0.25) is 0 Å². The van der Waals surface area contributed by atoms with E-state index in [4.69, 9.17) is 0 Å². The van der Waals surface area contributed by atoms with E-state index in [0.29, 0.717) is 27.8 Å². The number of rotatable bonds is 3. The van der Waals surface area contributed by atoms with Crippen LogP contribution >= 0.6 is 15.9 Å². The normalized spacial score (nSPS) is 10.7. The maximum Gasteiger partial charge on any atom is 0.123 e. The number of benzene rings is 2. The summed E-state index contributed by atoms with van der Waals surface area (Å²) >= 11 is 3.42. The Morgan fingerprint density at radius 3 is 2.09 bits per heavy atom. The fraction of sp³-hybridized carbons (Fsp3) is 0.0556. The minimum Gasteiger partial charge on any atom is -0.247 e. The lowest BCUT2D eigenvalue weighted by molar-refractivity contribution is 0.628. The molecule has 3 aromatic rings. The average molecular weight is 360 g/mol. The summed E-state index contributed by atoms with van der Waals surface area (Å²) < 4.78 is 26.9. The van der Waals surface area contributed by atoms with Crippen molar-refractivity contribution < 1.29 is 8.78 Å². The van der Waals surface area contributed by atoms with E-state index < -0.39 is 0 Å². The molecule has 2 aromatic carbocycles. The van der Waals surface area contributed by atoms with Gasteiger partial charge in [-0.1, -0.05) is 46.3 Å². The van der Waals surface area contributed by atoms with Crippen LogP contribution in [0.2, 0.25) is 0 Å². The number of alkyl halides is 1. The zero-order chi connectivity index (χ0) is 15.5. The fourth-order valence-corrected chi connectivity index (χ4v) is 2.74. The van der Waals surface area contributed by atoms with Crippen molar-refractivity contribution >= 4 is 15.9 Å². The second-order valence-electron chi connectivity index (χ2n) is 4.86. The molecule has 0 aliphatic carbocycles. The molecule has 0 atom stereocenters. The quantitative estimate of drug-likeness (QED) is 0.555. The minimum atomic E-state index is -0.309. The predicted octanol–water partition coefficient (Wildman–Crippen LogP) is 5.59. The monoisotopic (exact) mass is 359 g/mol. The smallest absolute Gasteiger partial charge is 0.123 e. The molecule has 0 radical (unpaired) electrons. The average Bonchev–Trinajstić information content (AvgIpc) is 2.54. The van der Waals surface area contributed by atoms with Gasteiger partial charge in [0.25, 0.3) is 0 Å². The molecule has 0 spiro atoms. The van der Waals surface area contributed by atoms with E-state index in [9.17, 15) is 8.78 Å². The summed E-state index contributed by atoms with van der Waals surface area (Å²) in [5.74, 6) is -0.618. The molecule has 0 aliphatic rings. The molecule has 0 unspecified atom stereocenters. The third-order valence-electron chi connectivity index (χ3n) is 3.34. The van der Waals surface area contributed by atoms with Crippen LogP contribution in [0.3, 0.4) is 0 Å². The number of halogens is 3. The van der Waals surface area contributed by atoms with Crippen molar-refractivity contribution in [2.24, 2.45) is 0 Å². The van der Waals surface area contributed by atoms with Gasteiger partial charge in [-0.05, 0) is 35.9 Å². The van der Waals surface area contributed by atoms with Crippen LogP contribution in [0.25, 0.3) is 22.5 Å². The van der Waals surface area contributed by atoms with Gasteiger partial charge >= 0.3 is 0 Å². The van der Waals surface area contributed by atoms with Crippen LogP contribution in [-0.2, 0) is 5.33 Å². The maximum atomic E-state index is 13.5. The van der Waals surface area contributed by atoms with Crippen LogP contribution in [0.4, 0.5) is 8.78 Å². The third-order valence-corrected chi connectivity index (χ3v) is 3.95. The van der Waals surface area contributed by atoms with Gasteiger partial charge in [0.1, 0.15) is 11.6 Å². The molecule has 0 saturated carbocycles. The van der Waals surface area contributed by atoms with E-state index in [1.165, 1.54) is 24.3 Å². The van der Waals surface area contributed by atoms with Gasteiger partial charge < -0.3 is 0 Å². The molecule has 1 heterocycles. The summed E-state index contributed by atoms with van der Waals surface area (Å²) in [5.41, 5.74) is 3.69. The third kappa shape index (κ3) is 3.07. The van der Waals surface area contributed by atoms with E-state index in [1.54, 1.807) is 18.2 Å². The molecule has 0 aliphatic heterocycles. The molecular formula is C18H12BrF2N. The van der Waals surface area contributed by atoms with Crippen LogP contribution in [0.1, 0.15) is 5.56 Å². The SMILES string of the molecule is Fc1cccc(-c2ccc(CBr)c(-c3cccc(F)c3)n2)c1. The fourth-order valence-electron chi connectivity index (χ4n) is 2.29. The highest BCUT2D eigenvalue weighted by Crippen LogP contribution is 2.28. The Morgan fingerprint density at radius 1 is 0.818 bits per heavy atom. The largest absolute Gasteiger partial charge is 0.247 e. The Hall–Kier alpha value is -2.07. The molecule has 0 N–H and O–H groups in total. The van der Waals surface area contributed by atoms with Gasteiger partial charge in [0.05, 0.1) is 11.4 Å². The minimum absolute atomic E-state index is 0.309.